The van der Waals surface area contributed by atoms with E-state index in [1.54, 1.807) is 0 Å². The van der Waals surface area contributed by atoms with Gasteiger partial charge in [0.25, 0.3) is 0 Å². The van der Waals surface area contributed by atoms with Crippen LogP contribution < -0.4 is 5.32 Å². The Kier molecular flexibility index (Phi) is 4.97. The molecule has 27 heavy (non-hydrogen) atoms. The zero-order chi connectivity index (χ0) is 18.5. The minimum atomic E-state index is 0.00756. The van der Waals surface area contributed by atoms with Gasteiger partial charge in [0.2, 0.25) is 5.91 Å². The van der Waals surface area contributed by atoms with Crippen molar-refractivity contribution in [3.8, 4) is 0 Å². The van der Waals surface area contributed by atoms with E-state index < -0.39 is 0 Å². The van der Waals surface area contributed by atoms with Crippen LogP contribution in [0.3, 0.4) is 0 Å². The number of hydrogen-bond acceptors (Lipinski definition) is 2. The van der Waals surface area contributed by atoms with E-state index in [1.165, 1.54) is 0 Å². The van der Waals surface area contributed by atoms with Gasteiger partial charge in [0.05, 0.1) is 17.6 Å². The van der Waals surface area contributed by atoms with E-state index in [0.29, 0.717) is 13.0 Å². The van der Waals surface area contributed by atoms with Crippen LogP contribution in [0.4, 0.5) is 0 Å². The number of hydrogen-bond donors (Lipinski definition) is 2. The molecule has 2 N–H and O–H groups in total. The van der Waals surface area contributed by atoms with Gasteiger partial charge in [0.1, 0.15) is 5.82 Å². The lowest BCUT2D eigenvalue weighted by Crippen LogP contribution is -2.25. The molecule has 0 radical (unpaired) electrons. The normalized spacial score (nSPS) is 11.0. The van der Waals surface area contributed by atoms with E-state index in [-0.39, 0.29) is 11.8 Å². The van der Waals surface area contributed by atoms with E-state index >= 15 is 0 Å². The molecule has 0 spiro atoms. The summed E-state index contributed by atoms with van der Waals surface area (Å²) in [6.45, 7) is 0.393. The first-order valence-electron chi connectivity index (χ1n) is 9.10. The fraction of sp³-hybridized carbons (Fsp3) is 0.130. The third kappa shape index (κ3) is 4.06. The smallest absolute Gasteiger partial charge is 0.221 e. The number of nitrogens with one attached hydrogen (secondary N) is 2. The maximum absolute atomic E-state index is 12.6. The molecule has 134 valence electrons. The molecule has 1 aromatic heterocycles. The Morgan fingerprint density at radius 3 is 2.07 bits per heavy atom. The second-order valence-corrected chi connectivity index (χ2v) is 6.56. The van der Waals surface area contributed by atoms with E-state index in [2.05, 4.69) is 39.6 Å². The van der Waals surface area contributed by atoms with Crippen LogP contribution in [0, 0.1) is 0 Å². The van der Waals surface area contributed by atoms with E-state index in [1.807, 2.05) is 60.7 Å². The van der Waals surface area contributed by atoms with Gasteiger partial charge < -0.3 is 10.3 Å². The molecule has 4 heteroatoms. The minimum Gasteiger partial charge on any atom is -0.349 e. The maximum atomic E-state index is 12.6. The molecule has 0 fully saturated rings. The molecular weight excluding hydrogens is 334 g/mol. The third-order valence-electron chi connectivity index (χ3n) is 4.68. The molecule has 4 nitrogen and oxygen atoms in total. The molecule has 0 aliphatic heterocycles. The van der Waals surface area contributed by atoms with Gasteiger partial charge in [-0.25, -0.2) is 4.98 Å². The summed E-state index contributed by atoms with van der Waals surface area (Å²) in [6.07, 6.45) is 0.397. The van der Waals surface area contributed by atoms with Crippen molar-refractivity contribution in [1.82, 2.24) is 15.3 Å². The van der Waals surface area contributed by atoms with Gasteiger partial charge in [-0.3, -0.25) is 4.79 Å². The van der Waals surface area contributed by atoms with Crippen molar-refractivity contribution in [2.45, 2.75) is 18.9 Å². The molecule has 0 atom stereocenters. The van der Waals surface area contributed by atoms with Gasteiger partial charge >= 0.3 is 0 Å². The van der Waals surface area contributed by atoms with Crippen LogP contribution in [0.5, 0.6) is 0 Å². The third-order valence-corrected chi connectivity index (χ3v) is 4.68. The highest BCUT2D eigenvalue weighted by Crippen LogP contribution is 2.27. The van der Waals surface area contributed by atoms with Crippen molar-refractivity contribution in [3.63, 3.8) is 0 Å². The van der Waals surface area contributed by atoms with Crippen LogP contribution in [0.2, 0.25) is 0 Å². The van der Waals surface area contributed by atoms with Crippen molar-refractivity contribution in [3.05, 3.63) is 102 Å². The van der Waals surface area contributed by atoms with Crippen LogP contribution >= 0.6 is 0 Å². The lowest BCUT2D eigenvalue weighted by Gasteiger charge is -2.17. The first kappa shape index (κ1) is 17.0. The van der Waals surface area contributed by atoms with Crippen molar-refractivity contribution < 1.29 is 4.79 Å². The Morgan fingerprint density at radius 2 is 1.44 bits per heavy atom. The number of fused-ring (bicyclic) bond motifs is 1. The highest BCUT2D eigenvalue weighted by atomic mass is 16.1. The number of rotatable bonds is 6. The second-order valence-electron chi connectivity index (χ2n) is 6.56. The molecule has 0 aliphatic carbocycles. The lowest BCUT2D eigenvalue weighted by atomic mass is 9.88. The number of amides is 1. The molecule has 0 bridgehead atoms. The van der Waals surface area contributed by atoms with Crippen LogP contribution in [-0.4, -0.2) is 15.9 Å². The average molecular weight is 355 g/mol. The van der Waals surface area contributed by atoms with E-state index in [9.17, 15) is 4.79 Å². The molecule has 0 aliphatic rings. The predicted molar refractivity (Wildman–Crippen MR) is 107 cm³/mol. The Hall–Kier alpha value is -3.40. The first-order valence-corrected chi connectivity index (χ1v) is 9.10. The Morgan fingerprint density at radius 1 is 0.852 bits per heavy atom. The van der Waals surface area contributed by atoms with E-state index in [4.69, 9.17) is 0 Å². The number of benzene rings is 3. The summed E-state index contributed by atoms with van der Waals surface area (Å²) < 4.78 is 0. The number of H-pyrrole nitrogens is 1. The van der Waals surface area contributed by atoms with Crippen molar-refractivity contribution in [1.29, 1.82) is 0 Å². The molecule has 0 saturated carbocycles. The Labute approximate surface area is 158 Å². The van der Waals surface area contributed by atoms with Crippen LogP contribution in [-0.2, 0) is 11.3 Å². The molecule has 1 heterocycles. The molecule has 0 saturated heterocycles. The average Bonchev–Trinajstić information content (AvgIpc) is 3.15. The van der Waals surface area contributed by atoms with Gasteiger partial charge in [-0.05, 0) is 23.3 Å². The van der Waals surface area contributed by atoms with Crippen molar-refractivity contribution in [2.75, 3.05) is 0 Å². The van der Waals surface area contributed by atoms with Gasteiger partial charge in [0, 0.05) is 12.3 Å². The van der Waals surface area contributed by atoms with Crippen molar-refractivity contribution >= 4 is 16.9 Å². The van der Waals surface area contributed by atoms with Crippen LogP contribution in [0.15, 0.2) is 84.9 Å². The van der Waals surface area contributed by atoms with Crippen LogP contribution in [0.1, 0.15) is 29.3 Å². The molecule has 4 aromatic rings. The molecule has 3 aromatic carbocycles. The quantitative estimate of drug-likeness (QED) is 0.538. The summed E-state index contributed by atoms with van der Waals surface area (Å²) in [5, 5.41) is 3.00. The van der Waals surface area contributed by atoms with Gasteiger partial charge in [-0.1, -0.05) is 72.8 Å². The summed E-state index contributed by atoms with van der Waals surface area (Å²) >= 11 is 0. The SMILES string of the molecule is O=C(CC(c1ccccc1)c1ccccc1)NCc1nc2ccccc2[nH]1. The zero-order valence-corrected chi connectivity index (χ0v) is 14.9. The summed E-state index contributed by atoms with van der Waals surface area (Å²) in [5.41, 5.74) is 4.17. The molecule has 4 rings (SSSR count). The largest absolute Gasteiger partial charge is 0.349 e. The fourth-order valence-corrected chi connectivity index (χ4v) is 3.33. The van der Waals surface area contributed by atoms with Gasteiger partial charge in [0.15, 0.2) is 0 Å². The number of carbonyl (C=O) groups is 1. The number of carbonyl (C=O) groups excluding carboxylic acids is 1. The highest BCUT2D eigenvalue weighted by molar-refractivity contribution is 5.78. The van der Waals surface area contributed by atoms with Crippen molar-refractivity contribution in [2.24, 2.45) is 0 Å². The maximum Gasteiger partial charge on any atom is 0.221 e. The Balaban J connectivity index is 1.47. The standard InChI is InChI=1S/C23H21N3O/c27-23(24-16-22-25-20-13-7-8-14-21(20)26-22)15-19(17-9-3-1-4-10-17)18-11-5-2-6-12-18/h1-14,19H,15-16H2,(H,24,27)(H,25,26). The number of nitrogens with zero attached hydrogens (tertiary/aromatic N) is 1. The van der Waals surface area contributed by atoms with Gasteiger partial charge in [-0.2, -0.15) is 0 Å². The highest BCUT2D eigenvalue weighted by Gasteiger charge is 2.18. The van der Waals surface area contributed by atoms with E-state index in [0.717, 1.165) is 28.0 Å². The lowest BCUT2D eigenvalue weighted by molar-refractivity contribution is -0.121. The zero-order valence-electron chi connectivity index (χ0n) is 14.9. The minimum absolute atomic E-state index is 0.00756. The summed E-state index contributed by atoms with van der Waals surface area (Å²) in [5.74, 6) is 0.803. The van der Waals surface area contributed by atoms with Gasteiger partial charge in [-0.15, -0.1) is 0 Å². The van der Waals surface area contributed by atoms with Crippen LogP contribution in [0.25, 0.3) is 11.0 Å². The molecule has 0 unspecified atom stereocenters. The first-order chi connectivity index (χ1) is 13.3. The Bertz CT molecular complexity index is 953. The number of imidazole rings is 1. The monoisotopic (exact) mass is 355 g/mol. The molecule has 1 amide bonds. The summed E-state index contributed by atoms with van der Waals surface area (Å²) in [7, 11) is 0. The number of aromatic nitrogens is 2. The summed E-state index contributed by atoms with van der Waals surface area (Å²) in [6, 6.07) is 28.2. The predicted octanol–water partition coefficient (Wildman–Crippen LogP) is 4.40. The number of para-hydroxylation sites is 2. The second kappa shape index (κ2) is 7.87. The number of aromatic amines is 1. The summed E-state index contributed by atoms with van der Waals surface area (Å²) in [4.78, 5) is 20.4. The molecular formula is C23H21N3O. The fourth-order valence-electron chi connectivity index (χ4n) is 3.33. The topological polar surface area (TPSA) is 57.8 Å².